The van der Waals surface area contributed by atoms with Gasteiger partial charge in [-0.1, -0.05) is 52.4 Å². The Morgan fingerprint density at radius 2 is 1.19 bits per heavy atom. The molecule has 0 N–H and O–H groups in total. The average Bonchev–Trinajstić information content (AvgIpc) is 3.07. The van der Waals surface area contributed by atoms with Gasteiger partial charge in [-0.3, -0.25) is 12.2 Å². The second-order valence-corrected chi connectivity index (χ2v) is 4.82. The Morgan fingerprint density at radius 3 is 1.43 bits per heavy atom. The van der Waals surface area contributed by atoms with Crippen molar-refractivity contribution in [2.75, 3.05) is 0 Å². The molecule has 0 atom stereocenters. The van der Waals surface area contributed by atoms with E-state index in [1.807, 2.05) is 0 Å². The fourth-order valence-electron chi connectivity index (χ4n) is 1.98. The Bertz CT molecular complexity index is 307. The van der Waals surface area contributed by atoms with E-state index < -0.39 is 0 Å². The Hall–Kier alpha value is 0.254. The minimum atomic E-state index is 0. The van der Waals surface area contributed by atoms with Crippen molar-refractivity contribution < 1.29 is 21.7 Å². The molecule has 0 amide bonds. The molecular weight excluding hydrogens is 335 g/mol. The molecule has 0 spiro atoms. The van der Waals surface area contributed by atoms with Gasteiger partial charge in [0.15, 0.2) is 0 Å². The van der Waals surface area contributed by atoms with Crippen molar-refractivity contribution >= 4 is 24.8 Å². The van der Waals surface area contributed by atoms with E-state index in [2.05, 4.69) is 50.3 Å². The number of halogens is 2. The summed E-state index contributed by atoms with van der Waals surface area (Å²) in [6.07, 6.45) is 25.1. The summed E-state index contributed by atoms with van der Waals surface area (Å²) in [7, 11) is 0. The molecule has 0 radical (unpaired) electrons. The minimum absolute atomic E-state index is 0. The van der Waals surface area contributed by atoms with Crippen molar-refractivity contribution in [2.24, 2.45) is 0 Å². The Balaban J connectivity index is -0.000000270. The topological polar surface area (TPSA) is 0 Å². The number of hydrogen-bond acceptors (Lipinski definition) is 0. The molecule has 2 aliphatic carbocycles. The van der Waals surface area contributed by atoms with Gasteiger partial charge in [-0.15, -0.1) is 37.7 Å². The fourth-order valence-corrected chi connectivity index (χ4v) is 1.98. The summed E-state index contributed by atoms with van der Waals surface area (Å²) in [5.74, 6) is 0. The number of allylic oxidation sites excluding steroid dienone is 8. The predicted molar refractivity (Wildman–Crippen MR) is 94.6 cm³/mol. The summed E-state index contributed by atoms with van der Waals surface area (Å²) >= 11 is 0. The van der Waals surface area contributed by atoms with Crippen LogP contribution < -0.4 is 0 Å². The van der Waals surface area contributed by atoms with E-state index in [0.717, 1.165) is 12.8 Å². The fraction of sp³-hybridized carbons (Fsp3) is 0.556. The van der Waals surface area contributed by atoms with Crippen molar-refractivity contribution in [3.63, 3.8) is 0 Å². The zero-order valence-corrected chi connectivity index (χ0v) is 16.5. The normalized spacial score (nSPS) is 14.0. The van der Waals surface area contributed by atoms with Crippen LogP contribution in [0, 0.1) is 12.2 Å². The van der Waals surface area contributed by atoms with Gasteiger partial charge in [-0.2, -0.15) is 12.2 Å². The van der Waals surface area contributed by atoms with Crippen LogP contribution >= 0.6 is 24.8 Å². The third-order valence-corrected chi connectivity index (χ3v) is 3.13. The van der Waals surface area contributed by atoms with Crippen LogP contribution in [0.15, 0.2) is 35.5 Å². The van der Waals surface area contributed by atoms with Gasteiger partial charge in [0.1, 0.15) is 0 Å². The summed E-state index contributed by atoms with van der Waals surface area (Å²) in [4.78, 5) is 0. The molecular formula is C18H28Cl2Ti. The van der Waals surface area contributed by atoms with Crippen LogP contribution in [0.3, 0.4) is 0 Å². The van der Waals surface area contributed by atoms with Crippen molar-refractivity contribution in [2.45, 2.75) is 65.2 Å². The molecule has 21 heavy (non-hydrogen) atoms. The third-order valence-electron chi connectivity index (χ3n) is 3.13. The van der Waals surface area contributed by atoms with Crippen LogP contribution in [-0.4, -0.2) is 0 Å². The Labute approximate surface area is 158 Å². The molecule has 0 saturated carbocycles. The van der Waals surface area contributed by atoms with Gasteiger partial charge in [-0.05, 0) is 0 Å². The van der Waals surface area contributed by atoms with Crippen molar-refractivity contribution in [3.8, 4) is 0 Å². The van der Waals surface area contributed by atoms with E-state index in [-0.39, 0.29) is 46.5 Å². The number of rotatable bonds is 6. The van der Waals surface area contributed by atoms with Gasteiger partial charge >= 0.3 is 21.7 Å². The van der Waals surface area contributed by atoms with Gasteiger partial charge in [0.2, 0.25) is 0 Å². The maximum absolute atomic E-state index is 3.30. The Morgan fingerprint density at radius 1 is 0.810 bits per heavy atom. The monoisotopic (exact) mass is 362 g/mol. The molecule has 0 fully saturated rings. The first kappa shape index (κ1) is 26.2. The van der Waals surface area contributed by atoms with Crippen LogP contribution in [0.1, 0.15) is 65.2 Å². The Kier molecular flexibility index (Phi) is 22.8. The number of unbranched alkanes of at least 4 members (excludes halogenated alkanes) is 2. The zero-order valence-electron chi connectivity index (χ0n) is 13.3. The first-order chi connectivity index (χ1) is 8.86. The molecule has 0 unspecified atom stereocenters. The first-order valence-electron chi connectivity index (χ1n) is 7.39. The van der Waals surface area contributed by atoms with E-state index in [9.17, 15) is 0 Å². The average molecular weight is 363 g/mol. The smallest absolute Gasteiger partial charge is 0.269 e. The van der Waals surface area contributed by atoms with Gasteiger partial charge in [-0.25, -0.2) is 23.3 Å². The van der Waals surface area contributed by atoms with E-state index in [1.54, 1.807) is 0 Å². The first-order valence-corrected chi connectivity index (χ1v) is 7.39. The molecule has 0 aliphatic heterocycles. The van der Waals surface area contributed by atoms with Gasteiger partial charge < -0.3 is 0 Å². The van der Waals surface area contributed by atoms with E-state index in [1.165, 1.54) is 49.7 Å². The standard InChI is InChI=1S/2C9H13.2ClH.Ti/c2*1-2-3-6-9-7-4-5-8-9;;;/h2*4,7H,2-3,5-6H2,1H3;2*1H;/q2*-1;;;+2. The molecule has 2 rings (SSSR count). The second kappa shape index (κ2) is 18.3. The summed E-state index contributed by atoms with van der Waals surface area (Å²) in [6, 6.07) is 0. The third kappa shape index (κ3) is 13.6. The molecule has 2 aliphatic rings. The van der Waals surface area contributed by atoms with Crippen LogP contribution in [0.25, 0.3) is 0 Å². The predicted octanol–water partition coefficient (Wildman–Crippen LogP) is 6.57. The molecule has 3 heteroatoms. The molecule has 0 nitrogen and oxygen atoms in total. The van der Waals surface area contributed by atoms with Crippen LogP contribution in [0.2, 0.25) is 0 Å². The molecule has 0 saturated heterocycles. The van der Waals surface area contributed by atoms with Crippen molar-refractivity contribution in [1.29, 1.82) is 0 Å². The van der Waals surface area contributed by atoms with Crippen LogP contribution in [0.4, 0.5) is 0 Å². The van der Waals surface area contributed by atoms with E-state index in [4.69, 9.17) is 0 Å². The molecule has 118 valence electrons. The second-order valence-electron chi connectivity index (χ2n) is 4.82. The van der Waals surface area contributed by atoms with Crippen LogP contribution in [-0.2, 0) is 21.7 Å². The molecule has 0 aromatic rings. The van der Waals surface area contributed by atoms with Crippen molar-refractivity contribution in [3.05, 3.63) is 47.6 Å². The molecule has 0 heterocycles. The van der Waals surface area contributed by atoms with Gasteiger partial charge in [0.25, 0.3) is 0 Å². The quantitative estimate of drug-likeness (QED) is 0.370. The van der Waals surface area contributed by atoms with Gasteiger partial charge in [0, 0.05) is 0 Å². The molecule has 0 aromatic heterocycles. The maximum Gasteiger partial charge on any atom is 2.00 e. The SMILES string of the molecule is CCCCC1=[C-]CC=C1.CCCCC1=[C-]CC=C1.Cl.Cl.[Ti+2]. The van der Waals surface area contributed by atoms with E-state index in [0.29, 0.717) is 0 Å². The summed E-state index contributed by atoms with van der Waals surface area (Å²) in [5.41, 5.74) is 2.83. The van der Waals surface area contributed by atoms with E-state index >= 15 is 0 Å². The largest absolute Gasteiger partial charge is 2.00 e. The van der Waals surface area contributed by atoms with Crippen molar-refractivity contribution in [1.82, 2.24) is 0 Å². The number of hydrogen-bond donors (Lipinski definition) is 0. The van der Waals surface area contributed by atoms with Crippen LogP contribution in [0.5, 0.6) is 0 Å². The molecule has 0 bridgehead atoms. The zero-order chi connectivity index (χ0) is 13.1. The minimum Gasteiger partial charge on any atom is -0.269 e. The molecule has 0 aromatic carbocycles. The summed E-state index contributed by atoms with van der Waals surface area (Å²) in [5, 5.41) is 0. The maximum atomic E-state index is 3.30. The summed E-state index contributed by atoms with van der Waals surface area (Å²) < 4.78 is 0. The van der Waals surface area contributed by atoms with Gasteiger partial charge in [0.05, 0.1) is 0 Å². The summed E-state index contributed by atoms with van der Waals surface area (Å²) in [6.45, 7) is 4.44.